The van der Waals surface area contributed by atoms with Crippen LogP contribution in [0.25, 0.3) is 0 Å². The number of methoxy groups -OCH3 is 1. The molecule has 0 saturated carbocycles. The molecule has 0 aliphatic heterocycles. The van der Waals surface area contributed by atoms with Gasteiger partial charge in [-0.15, -0.1) is 0 Å². The molecule has 4 heteroatoms. The van der Waals surface area contributed by atoms with Crippen molar-refractivity contribution in [3.63, 3.8) is 0 Å². The predicted octanol–water partition coefficient (Wildman–Crippen LogP) is 2.87. The van der Waals surface area contributed by atoms with Crippen LogP contribution < -0.4 is 4.46 Å². The van der Waals surface area contributed by atoms with Crippen LogP contribution in [-0.4, -0.2) is 30.4 Å². The molecular weight excluding hydrogens is 307 g/mol. The first kappa shape index (κ1) is 15.1. The molecule has 0 fully saturated rings. The topological polar surface area (TPSA) is 18.5 Å². The monoisotopic (exact) mass is 328 g/mol. The van der Waals surface area contributed by atoms with E-state index in [0.717, 1.165) is 5.76 Å². The Labute approximate surface area is 117 Å². The van der Waals surface area contributed by atoms with Crippen molar-refractivity contribution in [1.82, 2.24) is 0 Å². The van der Waals surface area contributed by atoms with Gasteiger partial charge in [-0.1, -0.05) is 0 Å². The SMILES string of the molecule is CO/C=C/C(=C\[Se]c1ccccc1)O[Si](C)(C)C. The summed E-state index contributed by atoms with van der Waals surface area (Å²) in [5.74, 6) is 0.917. The van der Waals surface area contributed by atoms with Crippen molar-refractivity contribution >= 4 is 27.7 Å². The fraction of sp³-hybridized carbons (Fsp3) is 0.286. The van der Waals surface area contributed by atoms with E-state index in [-0.39, 0.29) is 15.0 Å². The third kappa shape index (κ3) is 6.69. The normalized spacial score (nSPS) is 12.8. The Morgan fingerprint density at radius 2 is 1.83 bits per heavy atom. The van der Waals surface area contributed by atoms with Gasteiger partial charge in [-0.3, -0.25) is 0 Å². The Hall–Kier alpha value is -0.964. The average molecular weight is 327 g/mol. The summed E-state index contributed by atoms with van der Waals surface area (Å²) >= 11 is 0.286. The zero-order valence-corrected chi connectivity index (χ0v) is 14.1. The second-order valence-electron chi connectivity index (χ2n) is 4.70. The summed E-state index contributed by atoms with van der Waals surface area (Å²) in [5.41, 5.74) is 0. The maximum absolute atomic E-state index is 6.01. The molecule has 0 N–H and O–H groups in total. The molecule has 0 aromatic heterocycles. The van der Waals surface area contributed by atoms with Gasteiger partial charge in [0.25, 0.3) is 0 Å². The summed E-state index contributed by atoms with van der Waals surface area (Å²) < 4.78 is 12.3. The molecular formula is C14H20O2SeSi. The van der Waals surface area contributed by atoms with Crippen LogP contribution in [0.5, 0.6) is 0 Å². The van der Waals surface area contributed by atoms with Gasteiger partial charge in [0.15, 0.2) is 0 Å². The molecule has 98 valence electrons. The van der Waals surface area contributed by atoms with Crippen molar-refractivity contribution in [2.75, 3.05) is 7.11 Å². The fourth-order valence-corrected chi connectivity index (χ4v) is 3.69. The second kappa shape index (κ2) is 7.47. The molecule has 1 aromatic carbocycles. The quantitative estimate of drug-likeness (QED) is 0.454. The number of ether oxygens (including phenoxy) is 1. The summed E-state index contributed by atoms with van der Waals surface area (Å²) in [5, 5.41) is 0. The van der Waals surface area contributed by atoms with Gasteiger partial charge in [-0.2, -0.15) is 0 Å². The summed E-state index contributed by atoms with van der Waals surface area (Å²) in [6.07, 6.45) is 3.55. The number of hydrogen-bond acceptors (Lipinski definition) is 2. The minimum atomic E-state index is -1.57. The van der Waals surface area contributed by atoms with E-state index < -0.39 is 8.32 Å². The molecule has 0 radical (unpaired) electrons. The van der Waals surface area contributed by atoms with Crippen LogP contribution in [0.15, 0.2) is 53.4 Å². The van der Waals surface area contributed by atoms with Gasteiger partial charge in [0, 0.05) is 0 Å². The number of rotatable bonds is 6. The van der Waals surface area contributed by atoms with E-state index in [4.69, 9.17) is 9.16 Å². The van der Waals surface area contributed by atoms with Gasteiger partial charge >= 0.3 is 117 Å². The Morgan fingerprint density at radius 1 is 1.17 bits per heavy atom. The Morgan fingerprint density at radius 3 is 2.39 bits per heavy atom. The summed E-state index contributed by atoms with van der Waals surface area (Å²) in [6.45, 7) is 6.53. The number of hydrogen-bond donors (Lipinski definition) is 0. The molecule has 0 unspecified atom stereocenters. The molecule has 18 heavy (non-hydrogen) atoms. The first-order valence-corrected chi connectivity index (χ1v) is 11.1. The Bertz CT molecular complexity index is 408. The van der Waals surface area contributed by atoms with Crippen molar-refractivity contribution in [3.8, 4) is 0 Å². The van der Waals surface area contributed by atoms with Crippen LogP contribution in [0.2, 0.25) is 19.6 Å². The zero-order chi connectivity index (χ0) is 13.4. The molecule has 0 spiro atoms. The molecule has 0 amide bonds. The first-order chi connectivity index (χ1) is 8.51. The second-order valence-corrected chi connectivity index (χ2v) is 11.1. The van der Waals surface area contributed by atoms with Gasteiger partial charge in [-0.05, 0) is 0 Å². The number of allylic oxidation sites excluding steroid dienone is 1. The van der Waals surface area contributed by atoms with Gasteiger partial charge in [0.05, 0.1) is 0 Å². The number of benzene rings is 1. The van der Waals surface area contributed by atoms with Crippen LogP contribution in [0.1, 0.15) is 0 Å². The first-order valence-electron chi connectivity index (χ1n) is 5.81. The molecule has 0 saturated heterocycles. The van der Waals surface area contributed by atoms with E-state index in [2.05, 4.69) is 48.9 Å². The molecule has 0 heterocycles. The molecule has 1 rings (SSSR count). The van der Waals surface area contributed by atoms with Crippen LogP contribution in [-0.2, 0) is 9.16 Å². The van der Waals surface area contributed by atoms with Crippen LogP contribution in [0, 0.1) is 0 Å². The Balaban J connectivity index is 2.73. The average Bonchev–Trinajstić information content (AvgIpc) is 2.32. The third-order valence-corrected chi connectivity index (χ3v) is 4.57. The van der Waals surface area contributed by atoms with Crippen molar-refractivity contribution in [2.24, 2.45) is 0 Å². The summed E-state index contributed by atoms with van der Waals surface area (Å²) in [4.78, 5) is 2.16. The van der Waals surface area contributed by atoms with E-state index in [1.54, 1.807) is 13.4 Å². The van der Waals surface area contributed by atoms with E-state index in [0.29, 0.717) is 0 Å². The molecule has 0 atom stereocenters. The summed E-state index contributed by atoms with van der Waals surface area (Å²) in [6, 6.07) is 10.4. The van der Waals surface area contributed by atoms with Crippen LogP contribution in [0.4, 0.5) is 0 Å². The molecule has 0 aliphatic rings. The molecule has 0 bridgehead atoms. The van der Waals surface area contributed by atoms with E-state index >= 15 is 0 Å². The predicted molar refractivity (Wildman–Crippen MR) is 80.5 cm³/mol. The van der Waals surface area contributed by atoms with E-state index in [9.17, 15) is 0 Å². The molecule has 2 nitrogen and oxygen atoms in total. The van der Waals surface area contributed by atoms with Gasteiger partial charge in [0.1, 0.15) is 0 Å². The maximum atomic E-state index is 6.01. The van der Waals surface area contributed by atoms with Crippen molar-refractivity contribution < 1.29 is 9.16 Å². The third-order valence-electron chi connectivity index (χ3n) is 1.85. The molecule has 0 aliphatic carbocycles. The van der Waals surface area contributed by atoms with Crippen molar-refractivity contribution in [3.05, 3.63) is 53.4 Å². The van der Waals surface area contributed by atoms with Gasteiger partial charge < -0.3 is 0 Å². The van der Waals surface area contributed by atoms with Crippen LogP contribution in [0.3, 0.4) is 0 Å². The van der Waals surface area contributed by atoms with E-state index in [1.165, 1.54) is 4.46 Å². The standard InChI is InChI=1S/C14H20O2SeSi/c1-15-11-10-13(16-18(2,3)4)12-17-14-8-6-5-7-9-14/h5-12H,1-4H3/b11-10+,13-12+. The minimum absolute atomic E-state index is 0.286. The summed E-state index contributed by atoms with van der Waals surface area (Å²) in [7, 11) is 0.0703. The fourth-order valence-electron chi connectivity index (χ4n) is 1.21. The van der Waals surface area contributed by atoms with Crippen LogP contribution >= 0.6 is 0 Å². The van der Waals surface area contributed by atoms with Crippen molar-refractivity contribution in [2.45, 2.75) is 19.6 Å². The van der Waals surface area contributed by atoms with E-state index in [1.807, 2.05) is 12.1 Å². The van der Waals surface area contributed by atoms with Gasteiger partial charge in [0.2, 0.25) is 0 Å². The Kier molecular flexibility index (Phi) is 6.26. The zero-order valence-electron chi connectivity index (χ0n) is 11.3. The molecule has 1 aromatic rings. The van der Waals surface area contributed by atoms with Gasteiger partial charge in [-0.25, -0.2) is 0 Å². The van der Waals surface area contributed by atoms with Crippen molar-refractivity contribution in [1.29, 1.82) is 0 Å².